The fraction of sp³-hybridized carbons (Fsp3) is 0.400. The Morgan fingerprint density at radius 3 is 2.58 bits per heavy atom. The number of hydrogen-bond acceptors (Lipinski definition) is 7. The van der Waals surface area contributed by atoms with Crippen LogP contribution in [0.2, 0.25) is 0 Å². The number of aromatic nitrogens is 2. The van der Waals surface area contributed by atoms with E-state index in [2.05, 4.69) is 20.6 Å². The monoisotopic (exact) mass is 661 g/mol. The number of piperidine rings is 1. The number of nitrogens with zero attached hydrogens (tertiary/aromatic N) is 3. The Labute approximate surface area is 274 Å². The minimum atomic E-state index is -1.32. The summed E-state index contributed by atoms with van der Waals surface area (Å²) in [6.07, 6.45) is 8.09. The number of hydrogen-bond donors (Lipinski definition) is 2. The zero-order valence-electron chi connectivity index (χ0n) is 26.2. The van der Waals surface area contributed by atoms with E-state index < -0.39 is 58.2 Å². The van der Waals surface area contributed by atoms with Crippen molar-refractivity contribution in [3.63, 3.8) is 0 Å². The van der Waals surface area contributed by atoms with Crippen molar-refractivity contribution in [3.05, 3.63) is 93.7 Å². The molecule has 48 heavy (non-hydrogen) atoms. The molecule has 0 saturated carbocycles. The lowest BCUT2D eigenvalue weighted by Gasteiger charge is -2.43. The van der Waals surface area contributed by atoms with E-state index in [1.807, 2.05) is 18.2 Å². The molecule has 250 valence electrons. The van der Waals surface area contributed by atoms with Gasteiger partial charge in [-0.25, -0.2) is 18.2 Å². The molecule has 1 spiro atoms. The Morgan fingerprint density at radius 1 is 0.958 bits per heavy atom. The van der Waals surface area contributed by atoms with Crippen molar-refractivity contribution in [3.8, 4) is 0 Å². The molecular formula is C35H34F3N5O5. The van der Waals surface area contributed by atoms with Crippen LogP contribution in [0.4, 0.5) is 19.0 Å². The van der Waals surface area contributed by atoms with Crippen LogP contribution in [0.25, 0.3) is 6.08 Å². The molecule has 2 aromatic heterocycles. The van der Waals surface area contributed by atoms with Crippen LogP contribution in [0, 0.1) is 17.5 Å². The lowest BCUT2D eigenvalue weighted by atomic mass is 9.79. The summed E-state index contributed by atoms with van der Waals surface area (Å²) in [4.78, 5) is 51.2. The summed E-state index contributed by atoms with van der Waals surface area (Å²) in [6, 6.07) is 3.28. The molecule has 3 aromatic rings. The van der Waals surface area contributed by atoms with Gasteiger partial charge in [0, 0.05) is 54.1 Å². The summed E-state index contributed by atoms with van der Waals surface area (Å²) in [5.41, 5.74) is 1.74. The number of halogens is 3. The van der Waals surface area contributed by atoms with Crippen molar-refractivity contribution in [2.24, 2.45) is 0 Å². The first-order valence-corrected chi connectivity index (χ1v) is 16.0. The Kier molecular flexibility index (Phi) is 8.50. The summed E-state index contributed by atoms with van der Waals surface area (Å²) in [5, 5.41) is 5.63. The SMILES string of the molecule is CC1C(c2c(F)ccc(F)c2F)CC2NC(=O)c3cnc4c(c3)C[C@@]3(C4)C(=O)Nc4ncc(cc43)/C=C\CCOCCOCCN1C2=O. The van der Waals surface area contributed by atoms with Crippen molar-refractivity contribution in [1.29, 1.82) is 0 Å². The fourth-order valence-electron chi connectivity index (χ4n) is 7.33. The summed E-state index contributed by atoms with van der Waals surface area (Å²) < 4.78 is 55.8. The number of carbonyl (C=O) groups is 3. The van der Waals surface area contributed by atoms with E-state index in [4.69, 9.17) is 9.47 Å². The predicted octanol–water partition coefficient (Wildman–Crippen LogP) is 3.84. The summed E-state index contributed by atoms with van der Waals surface area (Å²) in [5.74, 6) is -5.20. The molecule has 1 aromatic carbocycles. The molecule has 4 aliphatic rings. The molecule has 3 amide bonds. The summed E-state index contributed by atoms with van der Waals surface area (Å²) >= 11 is 0. The summed E-state index contributed by atoms with van der Waals surface area (Å²) in [6.45, 7) is 2.83. The normalized spacial score (nSPS) is 26.7. The third-order valence-electron chi connectivity index (χ3n) is 9.86. The highest BCUT2D eigenvalue weighted by atomic mass is 19.2. The maximum absolute atomic E-state index is 15.1. The standard InChI is InChI=1S/C35H34F3N5O5/c1-19-23(29-25(36)5-6-26(37)30(29)38)14-27-33(45)43(19)7-9-48-11-10-47-8-3-2-4-20-12-24-31(40-17-20)42-34(46)35(24)15-21-13-22(32(44)41-27)18-39-28(21)16-35/h2,4-6,12-13,17-19,23,27H,3,7-11,14-16H2,1H3,(H,41,44)(H,40,42,46)/b4-2-/t19?,23?,27?,35-/m0/s1. The summed E-state index contributed by atoms with van der Waals surface area (Å²) in [7, 11) is 0. The van der Waals surface area contributed by atoms with Crippen LogP contribution >= 0.6 is 0 Å². The van der Waals surface area contributed by atoms with Gasteiger partial charge >= 0.3 is 0 Å². The molecular weight excluding hydrogens is 627 g/mol. The van der Waals surface area contributed by atoms with Crippen LogP contribution in [-0.2, 0) is 37.3 Å². The van der Waals surface area contributed by atoms with Gasteiger partial charge in [0.2, 0.25) is 11.8 Å². The van der Waals surface area contributed by atoms with Crippen molar-refractivity contribution in [1.82, 2.24) is 20.2 Å². The topological polar surface area (TPSA) is 123 Å². The molecule has 7 rings (SSSR count). The third kappa shape index (κ3) is 5.64. The number of benzene rings is 1. The predicted molar refractivity (Wildman–Crippen MR) is 168 cm³/mol. The molecule has 10 nitrogen and oxygen atoms in total. The van der Waals surface area contributed by atoms with E-state index in [1.165, 1.54) is 11.1 Å². The molecule has 5 heterocycles. The van der Waals surface area contributed by atoms with Gasteiger partial charge in [0.1, 0.15) is 17.7 Å². The van der Waals surface area contributed by atoms with E-state index >= 15 is 8.78 Å². The first kappa shape index (κ1) is 32.0. The van der Waals surface area contributed by atoms with Gasteiger partial charge in [-0.2, -0.15) is 0 Å². The smallest absolute Gasteiger partial charge is 0.253 e. The Hall–Kier alpha value is -4.62. The first-order valence-electron chi connectivity index (χ1n) is 16.0. The van der Waals surface area contributed by atoms with E-state index in [0.29, 0.717) is 49.6 Å². The van der Waals surface area contributed by atoms with Gasteiger partial charge in [-0.05, 0) is 61.6 Å². The van der Waals surface area contributed by atoms with Gasteiger partial charge in [0.25, 0.3) is 5.91 Å². The quantitative estimate of drug-likeness (QED) is 0.380. The molecule has 3 unspecified atom stereocenters. The van der Waals surface area contributed by atoms with Gasteiger partial charge in [-0.3, -0.25) is 19.4 Å². The van der Waals surface area contributed by atoms with Gasteiger partial charge in [0.05, 0.1) is 37.4 Å². The third-order valence-corrected chi connectivity index (χ3v) is 9.86. The van der Waals surface area contributed by atoms with E-state index in [-0.39, 0.29) is 37.6 Å². The van der Waals surface area contributed by atoms with Crippen LogP contribution in [-0.4, -0.2) is 77.6 Å². The minimum Gasteiger partial charge on any atom is -0.379 e. The second kappa shape index (κ2) is 12.8. The van der Waals surface area contributed by atoms with Gasteiger partial charge in [-0.15, -0.1) is 0 Å². The molecule has 13 heteroatoms. The van der Waals surface area contributed by atoms with Crippen molar-refractivity contribution >= 4 is 29.6 Å². The van der Waals surface area contributed by atoms with Crippen molar-refractivity contribution in [2.45, 2.75) is 56.0 Å². The average molecular weight is 662 g/mol. The second-order valence-corrected chi connectivity index (χ2v) is 12.7. The highest BCUT2D eigenvalue weighted by Crippen LogP contribution is 2.46. The Bertz CT molecular complexity index is 1840. The van der Waals surface area contributed by atoms with E-state index in [9.17, 15) is 18.8 Å². The Balaban J connectivity index is 1.21. The maximum Gasteiger partial charge on any atom is 0.253 e. The lowest BCUT2D eigenvalue weighted by molar-refractivity contribution is -0.140. The molecule has 4 atom stereocenters. The van der Waals surface area contributed by atoms with Gasteiger partial charge < -0.3 is 25.0 Å². The highest BCUT2D eigenvalue weighted by Gasteiger charge is 2.52. The number of fused-ring (bicyclic) bond motifs is 4. The first-order chi connectivity index (χ1) is 23.2. The molecule has 1 fully saturated rings. The van der Waals surface area contributed by atoms with E-state index in [1.54, 1.807) is 19.2 Å². The molecule has 1 saturated heterocycles. The average Bonchev–Trinajstić information content (AvgIpc) is 3.59. The second-order valence-electron chi connectivity index (χ2n) is 12.7. The van der Waals surface area contributed by atoms with Crippen LogP contribution < -0.4 is 10.6 Å². The van der Waals surface area contributed by atoms with Crippen molar-refractivity contribution in [2.75, 3.05) is 38.3 Å². The van der Waals surface area contributed by atoms with Crippen LogP contribution in [0.5, 0.6) is 0 Å². The van der Waals surface area contributed by atoms with Gasteiger partial charge in [0.15, 0.2) is 11.6 Å². The molecule has 1 aliphatic carbocycles. The minimum absolute atomic E-state index is 0.0726. The number of pyridine rings is 2. The van der Waals surface area contributed by atoms with Crippen LogP contribution in [0.3, 0.4) is 0 Å². The zero-order valence-corrected chi connectivity index (χ0v) is 26.2. The molecule has 2 N–H and O–H groups in total. The maximum atomic E-state index is 15.1. The number of amides is 3. The van der Waals surface area contributed by atoms with Crippen LogP contribution in [0.15, 0.2) is 42.7 Å². The molecule has 7 bridgehead atoms. The number of rotatable bonds is 1. The lowest BCUT2D eigenvalue weighted by Crippen LogP contribution is -2.58. The number of nitrogens with one attached hydrogen (secondary N) is 2. The number of carbonyl (C=O) groups excluding carboxylic acids is 3. The van der Waals surface area contributed by atoms with Crippen LogP contribution in [0.1, 0.15) is 64.0 Å². The number of ether oxygens (including phenoxy) is 2. The number of anilines is 1. The van der Waals surface area contributed by atoms with E-state index in [0.717, 1.165) is 23.3 Å². The molecule has 0 radical (unpaired) electrons. The van der Waals surface area contributed by atoms with Crippen molar-refractivity contribution < 1.29 is 37.0 Å². The molecule has 3 aliphatic heterocycles. The zero-order chi connectivity index (χ0) is 33.6. The largest absolute Gasteiger partial charge is 0.379 e. The Morgan fingerprint density at radius 2 is 1.75 bits per heavy atom. The highest BCUT2D eigenvalue weighted by molar-refractivity contribution is 6.06. The van der Waals surface area contributed by atoms with Gasteiger partial charge in [-0.1, -0.05) is 12.2 Å². The fourth-order valence-corrected chi connectivity index (χ4v) is 7.33.